The van der Waals surface area contributed by atoms with Gasteiger partial charge in [-0.15, -0.1) is 23.7 Å². The van der Waals surface area contributed by atoms with Gasteiger partial charge in [-0.25, -0.2) is 0 Å². The van der Waals surface area contributed by atoms with Gasteiger partial charge in [-0.05, 0) is 43.3 Å². The van der Waals surface area contributed by atoms with E-state index in [2.05, 4.69) is 10.2 Å². The highest BCUT2D eigenvalue weighted by atomic mass is 35.5. The molecule has 0 bridgehead atoms. The molecule has 0 fully saturated rings. The van der Waals surface area contributed by atoms with Crippen LogP contribution in [0.5, 0.6) is 11.5 Å². The van der Waals surface area contributed by atoms with Crippen LogP contribution in [-0.4, -0.2) is 44.0 Å². The van der Waals surface area contributed by atoms with E-state index in [9.17, 15) is 9.59 Å². The third-order valence-electron chi connectivity index (χ3n) is 4.18. The number of benzene rings is 1. The van der Waals surface area contributed by atoms with Crippen molar-refractivity contribution in [1.29, 1.82) is 0 Å². The average Bonchev–Trinajstić information content (AvgIpc) is 2.97. The largest absolute Gasteiger partial charge is 0.497 e. The number of methoxy groups -OCH3 is 1. The van der Waals surface area contributed by atoms with Crippen LogP contribution in [0.2, 0.25) is 0 Å². The number of thiophene rings is 1. The van der Waals surface area contributed by atoms with Crippen molar-refractivity contribution in [2.24, 2.45) is 5.73 Å². The summed E-state index contributed by atoms with van der Waals surface area (Å²) in [6.07, 6.45) is 0.749. The molecule has 0 spiro atoms. The second-order valence-corrected chi connectivity index (χ2v) is 7.18. The van der Waals surface area contributed by atoms with E-state index < -0.39 is 5.91 Å². The highest BCUT2D eigenvalue weighted by molar-refractivity contribution is 7.17. The number of fused-ring (bicyclic) bond motifs is 1. The zero-order valence-electron chi connectivity index (χ0n) is 15.1. The van der Waals surface area contributed by atoms with Gasteiger partial charge in [-0.3, -0.25) is 9.59 Å². The summed E-state index contributed by atoms with van der Waals surface area (Å²) in [6, 6.07) is 6.95. The standard InChI is InChI=1S/C18H21N3O4S.ClH/c1-21-8-7-13-14(9-21)26-18(16(13)17(19)23)20-15(22)10-25-12-5-3-11(24-2)4-6-12;/h3-6H,7-10H2,1-2H3,(H2,19,23)(H,20,22);1H. The number of ether oxygens (including phenoxy) is 2. The molecule has 0 atom stereocenters. The molecular formula is C18H22ClN3O4S. The van der Waals surface area contributed by atoms with E-state index in [0.717, 1.165) is 30.0 Å². The molecule has 0 saturated carbocycles. The number of hydrogen-bond acceptors (Lipinski definition) is 6. The number of hydrogen-bond donors (Lipinski definition) is 2. The van der Waals surface area contributed by atoms with Gasteiger partial charge in [-0.1, -0.05) is 0 Å². The molecule has 3 rings (SSSR count). The second-order valence-electron chi connectivity index (χ2n) is 6.07. The Morgan fingerprint density at radius 2 is 1.93 bits per heavy atom. The van der Waals surface area contributed by atoms with E-state index >= 15 is 0 Å². The van der Waals surface area contributed by atoms with Gasteiger partial charge in [-0.2, -0.15) is 0 Å². The third kappa shape index (κ3) is 4.91. The summed E-state index contributed by atoms with van der Waals surface area (Å²) in [5, 5.41) is 3.27. The van der Waals surface area contributed by atoms with Crippen molar-refractivity contribution in [2.45, 2.75) is 13.0 Å². The Kier molecular flexibility index (Phi) is 7.06. The minimum Gasteiger partial charge on any atom is -0.497 e. The molecule has 7 nitrogen and oxygen atoms in total. The Hall–Kier alpha value is -2.29. The first kappa shape index (κ1) is 21.0. The lowest BCUT2D eigenvalue weighted by molar-refractivity contribution is -0.118. The van der Waals surface area contributed by atoms with Crippen LogP contribution in [0.25, 0.3) is 0 Å². The topological polar surface area (TPSA) is 93.9 Å². The molecule has 2 amide bonds. The van der Waals surface area contributed by atoms with E-state index in [4.69, 9.17) is 15.2 Å². The number of rotatable bonds is 6. The van der Waals surface area contributed by atoms with Crippen molar-refractivity contribution in [2.75, 3.05) is 32.6 Å². The molecule has 0 unspecified atom stereocenters. The predicted molar refractivity (Wildman–Crippen MR) is 107 cm³/mol. The summed E-state index contributed by atoms with van der Waals surface area (Å²) >= 11 is 1.40. The smallest absolute Gasteiger partial charge is 0.262 e. The number of amides is 2. The van der Waals surface area contributed by atoms with E-state index in [1.807, 2.05) is 7.05 Å². The zero-order chi connectivity index (χ0) is 18.7. The first-order valence-electron chi connectivity index (χ1n) is 8.17. The molecule has 9 heteroatoms. The monoisotopic (exact) mass is 411 g/mol. The van der Waals surface area contributed by atoms with Crippen molar-refractivity contribution in [3.8, 4) is 11.5 Å². The third-order valence-corrected chi connectivity index (χ3v) is 5.31. The van der Waals surface area contributed by atoms with Gasteiger partial charge in [0.15, 0.2) is 6.61 Å². The molecule has 1 aromatic carbocycles. The van der Waals surface area contributed by atoms with Crippen molar-refractivity contribution >= 4 is 40.6 Å². The molecule has 2 aromatic rings. The van der Waals surface area contributed by atoms with Crippen LogP contribution in [0.1, 0.15) is 20.8 Å². The molecule has 1 aliphatic rings. The summed E-state index contributed by atoms with van der Waals surface area (Å²) in [6.45, 7) is 1.45. The number of anilines is 1. The van der Waals surface area contributed by atoms with Crippen molar-refractivity contribution in [3.63, 3.8) is 0 Å². The van der Waals surface area contributed by atoms with E-state index in [0.29, 0.717) is 22.1 Å². The summed E-state index contributed by atoms with van der Waals surface area (Å²) in [5.74, 6) is 0.416. The minimum absolute atomic E-state index is 0. The molecular weight excluding hydrogens is 390 g/mol. The number of nitrogens with one attached hydrogen (secondary N) is 1. The maximum Gasteiger partial charge on any atom is 0.262 e. The van der Waals surface area contributed by atoms with Crippen LogP contribution >= 0.6 is 23.7 Å². The number of carbonyl (C=O) groups is 2. The lowest BCUT2D eigenvalue weighted by atomic mass is 10.0. The number of nitrogens with zero attached hydrogens (tertiary/aromatic N) is 1. The molecule has 2 heterocycles. The van der Waals surface area contributed by atoms with Crippen LogP contribution < -0.4 is 20.5 Å². The van der Waals surface area contributed by atoms with Gasteiger partial charge in [0.2, 0.25) is 0 Å². The van der Waals surface area contributed by atoms with Gasteiger partial charge in [0, 0.05) is 18.0 Å². The molecule has 1 aromatic heterocycles. The molecule has 0 aliphatic carbocycles. The minimum atomic E-state index is -0.515. The number of primary amides is 1. The normalized spacial score (nSPS) is 13.3. The lowest BCUT2D eigenvalue weighted by Crippen LogP contribution is -2.27. The van der Waals surface area contributed by atoms with Crippen molar-refractivity contribution in [3.05, 3.63) is 40.3 Å². The van der Waals surface area contributed by atoms with E-state index in [1.165, 1.54) is 11.3 Å². The Morgan fingerprint density at radius 3 is 2.56 bits per heavy atom. The predicted octanol–water partition coefficient (Wildman–Crippen LogP) is 2.28. The van der Waals surface area contributed by atoms with Crippen LogP contribution in [0.3, 0.4) is 0 Å². The second kappa shape index (κ2) is 9.07. The first-order chi connectivity index (χ1) is 12.5. The summed E-state index contributed by atoms with van der Waals surface area (Å²) in [7, 11) is 3.60. The Balaban J connectivity index is 0.00000261. The quantitative estimate of drug-likeness (QED) is 0.760. The molecule has 3 N–H and O–H groups in total. The number of nitrogens with two attached hydrogens (primary N) is 1. The summed E-state index contributed by atoms with van der Waals surface area (Å²) in [5.41, 5.74) is 6.92. The van der Waals surface area contributed by atoms with Gasteiger partial charge >= 0.3 is 0 Å². The van der Waals surface area contributed by atoms with Crippen molar-refractivity contribution in [1.82, 2.24) is 4.90 Å². The van der Waals surface area contributed by atoms with Gasteiger partial charge in [0.05, 0.1) is 12.7 Å². The fraction of sp³-hybridized carbons (Fsp3) is 0.333. The molecule has 1 aliphatic heterocycles. The van der Waals surface area contributed by atoms with E-state index in [-0.39, 0.29) is 24.9 Å². The maximum atomic E-state index is 12.2. The molecule has 146 valence electrons. The number of halogens is 1. The highest BCUT2D eigenvalue weighted by Crippen LogP contribution is 2.36. The zero-order valence-corrected chi connectivity index (χ0v) is 16.7. The van der Waals surface area contributed by atoms with Gasteiger partial charge < -0.3 is 25.4 Å². The number of likely N-dealkylation sites (N-methyl/N-ethyl adjacent to an activating group) is 1. The average molecular weight is 412 g/mol. The summed E-state index contributed by atoms with van der Waals surface area (Å²) in [4.78, 5) is 27.4. The van der Waals surface area contributed by atoms with Crippen LogP contribution in [-0.2, 0) is 17.8 Å². The summed E-state index contributed by atoms with van der Waals surface area (Å²) < 4.78 is 10.5. The highest BCUT2D eigenvalue weighted by Gasteiger charge is 2.26. The van der Waals surface area contributed by atoms with Crippen LogP contribution in [0, 0.1) is 0 Å². The van der Waals surface area contributed by atoms with Crippen molar-refractivity contribution < 1.29 is 19.1 Å². The Morgan fingerprint density at radius 1 is 1.26 bits per heavy atom. The van der Waals surface area contributed by atoms with Crippen LogP contribution in [0.4, 0.5) is 5.00 Å². The Labute approximate surface area is 167 Å². The number of carbonyl (C=O) groups excluding carboxylic acids is 2. The molecule has 0 radical (unpaired) electrons. The van der Waals surface area contributed by atoms with Gasteiger partial charge in [0.25, 0.3) is 11.8 Å². The van der Waals surface area contributed by atoms with E-state index in [1.54, 1.807) is 31.4 Å². The molecule has 27 heavy (non-hydrogen) atoms. The first-order valence-corrected chi connectivity index (χ1v) is 8.99. The fourth-order valence-electron chi connectivity index (χ4n) is 2.86. The van der Waals surface area contributed by atoms with Crippen LogP contribution in [0.15, 0.2) is 24.3 Å². The maximum absolute atomic E-state index is 12.2. The Bertz CT molecular complexity index is 823. The lowest BCUT2D eigenvalue weighted by Gasteiger charge is -2.22. The van der Waals surface area contributed by atoms with Gasteiger partial charge in [0.1, 0.15) is 16.5 Å². The SMILES string of the molecule is COc1ccc(OCC(=O)Nc2sc3c(c2C(N)=O)CCN(C)C3)cc1.Cl. The molecule has 0 saturated heterocycles. The fourth-order valence-corrected chi connectivity index (χ4v) is 4.21.